The molecule has 0 aliphatic carbocycles. The van der Waals surface area contributed by atoms with Gasteiger partial charge in [-0.25, -0.2) is 0 Å². The van der Waals surface area contributed by atoms with E-state index in [1.807, 2.05) is 0 Å². The van der Waals surface area contributed by atoms with Crippen molar-refractivity contribution in [3.63, 3.8) is 0 Å². The molecule has 0 saturated heterocycles. The zero-order valence-electron chi connectivity index (χ0n) is 26.8. The SMILES string of the molecule is CCCCCCCCCCCCCCCCCCNCC(Br)CCCCCCCCCCCCCCCC. The van der Waals surface area contributed by atoms with Crippen LogP contribution in [0.3, 0.4) is 0 Å². The number of nitrogens with one attached hydrogen (secondary N) is 1. The van der Waals surface area contributed by atoms with E-state index < -0.39 is 0 Å². The molecule has 0 saturated carbocycles. The van der Waals surface area contributed by atoms with Crippen molar-refractivity contribution < 1.29 is 0 Å². The Morgan fingerprint density at radius 2 is 0.632 bits per heavy atom. The minimum absolute atomic E-state index is 0.667. The van der Waals surface area contributed by atoms with Gasteiger partial charge < -0.3 is 5.32 Å². The molecule has 0 amide bonds. The van der Waals surface area contributed by atoms with Gasteiger partial charge in [0, 0.05) is 11.4 Å². The van der Waals surface area contributed by atoms with Crippen LogP contribution in [0.5, 0.6) is 0 Å². The molecule has 0 aromatic rings. The summed E-state index contributed by atoms with van der Waals surface area (Å²) >= 11 is 3.90. The summed E-state index contributed by atoms with van der Waals surface area (Å²) < 4.78 is 0. The van der Waals surface area contributed by atoms with Crippen LogP contribution in [0.4, 0.5) is 0 Å². The summed E-state index contributed by atoms with van der Waals surface area (Å²) in [6.07, 6.45) is 44.9. The lowest BCUT2D eigenvalue weighted by molar-refractivity contribution is 0.519. The van der Waals surface area contributed by atoms with E-state index >= 15 is 0 Å². The average molecular weight is 601 g/mol. The van der Waals surface area contributed by atoms with Crippen LogP contribution in [0, 0.1) is 0 Å². The summed E-state index contributed by atoms with van der Waals surface area (Å²) in [4.78, 5) is 0.667. The van der Waals surface area contributed by atoms with Crippen LogP contribution in [0.25, 0.3) is 0 Å². The standard InChI is InChI=1S/C36H74BrN/c1-3-5-7-9-11-13-15-17-19-20-22-24-26-28-30-32-34-38-35-36(37)33-31-29-27-25-23-21-18-16-14-12-10-8-6-4-2/h36,38H,3-35H2,1-2H3. The largest absolute Gasteiger partial charge is 0.316 e. The van der Waals surface area contributed by atoms with Gasteiger partial charge in [0.05, 0.1) is 0 Å². The minimum atomic E-state index is 0.667. The average Bonchev–Trinajstić information content (AvgIpc) is 2.92. The Labute approximate surface area is 251 Å². The fraction of sp³-hybridized carbons (Fsp3) is 1.00. The van der Waals surface area contributed by atoms with Crippen LogP contribution in [0.15, 0.2) is 0 Å². The van der Waals surface area contributed by atoms with Crippen LogP contribution in [0.2, 0.25) is 0 Å². The Morgan fingerprint density at radius 3 is 0.947 bits per heavy atom. The lowest BCUT2D eigenvalue weighted by Gasteiger charge is -2.11. The summed E-state index contributed by atoms with van der Waals surface area (Å²) in [6, 6.07) is 0. The van der Waals surface area contributed by atoms with E-state index in [1.165, 1.54) is 206 Å². The maximum absolute atomic E-state index is 3.90. The van der Waals surface area contributed by atoms with Gasteiger partial charge in [-0.15, -0.1) is 0 Å². The maximum Gasteiger partial charge on any atom is 0.0270 e. The van der Waals surface area contributed by atoms with Crippen LogP contribution in [0.1, 0.15) is 213 Å². The van der Waals surface area contributed by atoms with E-state index in [-0.39, 0.29) is 0 Å². The summed E-state index contributed by atoms with van der Waals surface area (Å²) in [5, 5.41) is 3.69. The second kappa shape index (κ2) is 35.5. The van der Waals surface area contributed by atoms with Gasteiger partial charge in [0.2, 0.25) is 0 Å². The molecule has 1 nitrogen and oxygen atoms in total. The second-order valence-corrected chi connectivity index (χ2v) is 13.8. The lowest BCUT2D eigenvalue weighted by Crippen LogP contribution is -2.23. The summed E-state index contributed by atoms with van der Waals surface area (Å²) in [5.41, 5.74) is 0. The third-order valence-electron chi connectivity index (χ3n) is 8.44. The minimum Gasteiger partial charge on any atom is -0.316 e. The highest BCUT2D eigenvalue weighted by atomic mass is 79.9. The van der Waals surface area contributed by atoms with E-state index in [0.29, 0.717) is 4.83 Å². The highest BCUT2D eigenvalue weighted by molar-refractivity contribution is 9.09. The van der Waals surface area contributed by atoms with E-state index in [1.54, 1.807) is 0 Å². The number of alkyl halides is 1. The van der Waals surface area contributed by atoms with Gasteiger partial charge in [-0.2, -0.15) is 0 Å². The van der Waals surface area contributed by atoms with Gasteiger partial charge >= 0.3 is 0 Å². The van der Waals surface area contributed by atoms with Gasteiger partial charge in [-0.05, 0) is 19.4 Å². The van der Waals surface area contributed by atoms with Gasteiger partial charge in [0.25, 0.3) is 0 Å². The molecule has 0 aromatic carbocycles. The zero-order chi connectivity index (χ0) is 27.6. The van der Waals surface area contributed by atoms with Gasteiger partial charge in [-0.3, -0.25) is 0 Å². The number of rotatable bonds is 34. The van der Waals surface area contributed by atoms with Crippen molar-refractivity contribution in [2.75, 3.05) is 13.1 Å². The van der Waals surface area contributed by atoms with Crippen molar-refractivity contribution in [2.24, 2.45) is 0 Å². The Kier molecular flexibility index (Phi) is 35.9. The molecule has 0 aliphatic rings. The van der Waals surface area contributed by atoms with E-state index in [2.05, 4.69) is 35.1 Å². The number of hydrogen-bond acceptors (Lipinski definition) is 1. The topological polar surface area (TPSA) is 12.0 Å². The van der Waals surface area contributed by atoms with Crippen molar-refractivity contribution in [1.29, 1.82) is 0 Å². The fourth-order valence-corrected chi connectivity index (χ4v) is 6.27. The third-order valence-corrected chi connectivity index (χ3v) is 9.23. The highest BCUT2D eigenvalue weighted by Gasteiger charge is 2.03. The molecule has 0 bridgehead atoms. The number of halogens is 1. The first-order chi connectivity index (χ1) is 18.8. The molecule has 1 unspecified atom stereocenters. The van der Waals surface area contributed by atoms with Crippen LogP contribution >= 0.6 is 15.9 Å². The van der Waals surface area contributed by atoms with Crippen LogP contribution < -0.4 is 5.32 Å². The van der Waals surface area contributed by atoms with Crippen LogP contribution in [-0.4, -0.2) is 17.9 Å². The lowest BCUT2D eigenvalue weighted by atomic mass is 10.0. The summed E-state index contributed by atoms with van der Waals surface area (Å²) in [7, 11) is 0. The molecule has 230 valence electrons. The molecule has 1 N–H and O–H groups in total. The third kappa shape index (κ3) is 34.5. The van der Waals surface area contributed by atoms with Gasteiger partial charge in [0.1, 0.15) is 0 Å². The van der Waals surface area contributed by atoms with Gasteiger partial charge in [-0.1, -0.05) is 216 Å². The van der Waals surface area contributed by atoms with E-state index in [9.17, 15) is 0 Å². The Bertz CT molecular complexity index is 399. The molecular weight excluding hydrogens is 526 g/mol. The van der Waals surface area contributed by atoms with Crippen molar-refractivity contribution in [2.45, 2.75) is 218 Å². The monoisotopic (exact) mass is 600 g/mol. The van der Waals surface area contributed by atoms with Crippen molar-refractivity contribution in [1.82, 2.24) is 5.32 Å². The molecule has 0 radical (unpaired) electrons. The molecular formula is C36H74BrN. The number of hydrogen-bond donors (Lipinski definition) is 1. The second-order valence-electron chi connectivity index (χ2n) is 12.5. The first-order valence-corrected chi connectivity index (χ1v) is 19.1. The predicted octanol–water partition coefficient (Wildman–Crippen LogP) is 13.5. The first-order valence-electron chi connectivity index (χ1n) is 18.2. The van der Waals surface area contributed by atoms with Crippen LogP contribution in [-0.2, 0) is 0 Å². The van der Waals surface area contributed by atoms with Crippen molar-refractivity contribution in [3.05, 3.63) is 0 Å². The molecule has 0 aromatic heterocycles. The quantitative estimate of drug-likeness (QED) is 0.0572. The van der Waals surface area contributed by atoms with Crippen molar-refractivity contribution in [3.8, 4) is 0 Å². The summed E-state index contributed by atoms with van der Waals surface area (Å²) in [6.45, 7) is 6.97. The predicted molar refractivity (Wildman–Crippen MR) is 180 cm³/mol. The first kappa shape index (κ1) is 38.4. The maximum atomic E-state index is 3.90. The molecule has 2 heteroatoms. The summed E-state index contributed by atoms with van der Waals surface area (Å²) in [5.74, 6) is 0. The zero-order valence-corrected chi connectivity index (χ0v) is 28.4. The molecule has 0 aliphatic heterocycles. The molecule has 0 rings (SSSR count). The normalized spacial score (nSPS) is 12.4. The Morgan fingerprint density at radius 1 is 0.368 bits per heavy atom. The number of unbranched alkanes of at least 4 members (excludes halogenated alkanes) is 28. The molecule has 0 fully saturated rings. The van der Waals surface area contributed by atoms with Crippen molar-refractivity contribution >= 4 is 15.9 Å². The smallest absolute Gasteiger partial charge is 0.0270 e. The molecule has 0 heterocycles. The highest BCUT2D eigenvalue weighted by Crippen LogP contribution is 2.16. The molecule has 1 atom stereocenters. The molecule has 38 heavy (non-hydrogen) atoms. The Balaban J connectivity index is 3.13. The molecule has 0 spiro atoms. The van der Waals surface area contributed by atoms with Gasteiger partial charge in [0.15, 0.2) is 0 Å². The van der Waals surface area contributed by atoms with E-state index in [0.717, 1.165) is 6.54 Å². The van der Waals surface area contributed by atoms with E-state index in [4.69, 9.17) is 0 Å². The fourth-order valence-electron chi connectivity index (χ4n) is 5.72. The Hall–Kier alpha value is 0.440.